The van der Waals surface area contributed by atoms with Gasteiger partial charge in [-0.2, -0.15) is 5.10 Å². The van der Waals surface area contributed by atoms with Crippen molar-refractivity contribution in [1.29, 1.82) is 0 Å². The molecule has 0 aromatic carbocycles. The van der Waals surface area contributed by atoms with Crippen molar-refractivity contribution in [1.82, 2.24) is 9.78 Å². The van der Waals surface area contributed by atoms with Gasteiger partial charge in [-0.15, -0.1) is 0 Å². The van der Waals surface area contributed by atoms with E-state index in [0.717, 1.165) is 0 Å². The van der Waals surface area contributed by atoms with Gasteiger partial charge in [-0.25, -0.2) is 4.79 Å². The van der Waals surface area contributed by atoms with Gasteiger partial charge in [0, 0.05) is 6.04 Å². The first-order valence-electron chi connectivity index (χ1n) is 3.50. The van der Waals surface area contributed by atoms with Gasteiger partial charge in [-0.1, -0.05) is 11.6 Å². The van der Waals surface area contributed by atoms with Gasteiger partial charge in [0.25, 0.3) is 0 Å². The second-order valence-electron chi connectivity index (χ2n) is 2.68. The largest absolute Gasteiger partial charge is 0.476 e. The molecule has 5 heteroatoms. The van der Waals surface area contributed by atoms with E-state index in [1.165, 1.54) is 10.9 Å². The Kier molecular flexibility index (Phi) is 2.38. The van der Waals surface area contributed by atoms with Gasteiger partial charge in [-0.05, 0) is 13.8 Å². The van der Waals surface area contributed by atoms with Crippen molar-refractivity contribution in [3.05, 3.63) is 16.9 Å². The van der Waals surface area contributed by atoms with Gasteiger partial charge in [0.1, 0.15) is 0 Å². The molecular formula is C7H9ClN2O2. The third kappa shape index (κ3) is 1.43. The summed E-state index contributed by atoms with van der Waals surface area (Å²) in [7, 11) is 0. The molecule has 0 aliphatic carbocycles. The Morgan fingerprint density at radius 2 is 2.33 bits per heavy atom. The molecule has 1 aromatic heterocycles. The van der Waals surface area contributed by atoms with Gasteiger partial charge in [-0.3, -0.25) is 4.68 Å². The molecule has 0 aliphatic rings. The molecule has 0 aliphatic heterocycles. The second-order valence-corrected chi connectivity index (χ2v) is 3.09. The van der Waals surface area contributed by atoms with E-state index in [4.69, 9.17) is 16.7 Å². The SMILES string of the molecule is CC(C)n1ncc(Cl)c1C(=O)O. The van der Waals surface area contributed by atoms with Crippen LogP contribution in [0.4, 0.5) is 0 Å². The zero-order valence-electron chi connectivity index (χ0n) is 6.78. The van der Waals surface area contributed by atoms with Gasteiger partial charge < -0.3 is 5.11 Å². The lowest BCUT2D eigenvalue weighted by Gasteiger charge is -2.07. The zero-order valence-corrected chi connectivity index (χ0v) is 7.54. The number of rotatable bonds is 2. The molecule has 0 saturated heterocycles. The molecule has 0 unspecified atom stereocenters. The predicted molar refractivity (Wildman–Crippen MR) is 44.6 cm³/mol. The summed E-state index contributed by atoms with van der Waals surface area (Å²) in [5, 5.41) is 12.8. The van der Waals surface area contributed by atoms with Crippen LogP contribution in [0.1, 0.15) is 30.4 Å². The molecule has 12 heavy (non-hydrogen) atoms. The number of carboxylic acid groups (broad SMARTS) is 1. The second kappa shape index (κ2) is 3.15. The van der Waals surface area contributed by atoms with Crippen LogP contribution in [0.2, 0.25) is 5.02 Å². The number of hydrogen-bond donors (Lipinski definition) is 1. The van der Waals surface area contributed by atoms with Crippen molar-refractivity contribution in [3.63, 3.8) is 0 Å². The number of hydrogen-bond acceptors (Lipinski definition) is 2. The number of aromatic nitrogens is 2. The third-order valence-corrected chi connectivity index (χ3v) is 1.72. The topological polar surface area (TPSA) is 55.1 Å². The number of halogens is 1. The van der Waals surface area contributed by atoms with Crippen molar-refractivity contribution in [2.75, 3.05) is 0 Å². The summed E-state index contributed by atoms with van der Waals surface area (Å²) >= 11 is 5.62. The van der Waals surface area contributed by atoms with Gasteiger partial charge in [0.15, 0.2) is 5.69 Å². The molecule has 0 radical (unpaired) electrons. The molecule has 0 spiro atoms. The van der Waals surface area contributed by atoms with Gasteiger partial charge in [0.05, 0.1) is 11.2 Å². The Morgan fingerprint density at radius 3 is 2.67 bits per heavy atom. The van der Waals surface area contributed by atoms with E-state index in [9.17, 15) is 4.79 Å². The van der Waals surface area contributed by atoms with E-state index in [1.807, 2.05) is 13.8 Å². The maximum absolute atomic E-state index is 10.7. The Labute approximate surface area is 74.8 Å². The number of carbonyl (C=O) groups is 1. The molecule has 0 amide bonds. The van der Waals surface area contributed by atoms with Gasteiger partial charge >= 0.3 is 5.97 Å². The summed E-state index contributed by atoms with van der Waals surface area (Å²) in [4.78, 5) is 10.7. The van der Waals surface area contributed by atoms with E-state index in [2.05, 4.69) is 5.10 Å². The summed E-state index contributed by atoms with van der Waals surface area (Å²) in [6.07, 6.45) is 1.34. The molecule has 0 atom stereocenters. The van der Waals surface area contributed by atoms with Gasteiger partial charge in [0.2, 0.25) is 0 Å². The van der Waals surface area contributed by atoms with E-state index < -0.39 is 5.97 Å². The Balaban J connectivity index is 3.21. The van der Waals surface area contributed by atoms with Crippen LogP contribution in [0.5, 0.6) is 0 Å². The Bertz CT molecular complexity index is 306. The summed E-state index contributed by atoms with van der Waals surface area (Å²) in [6, 6.07) is 0.00333. The highest BCUT2D eigenvalue weighted by Crippen LogP contribution is 2.18. The Morgan fingerprint density at radius 1 is 1.75 bits per heavy atom. The first-order valence-corrected chi connectivity index (χ1v) is 3.88. The van der Waals surface area contributed by atoms with Crippen LogP contribution in [-0.2, 0) is 0 Å². The first kappa shape index (κ1) is 9.06. The Hall–Kier alpha value is -1.03. The monoisotopic (exact) mass is 188 g/mol. The lowest BCUT2D eigenvalue weighted by molar-refractivity contribution is 0.0681. The van der Waals surface area contributed by atoms with Crippen molar-refractivity contribution >= 4 is 17.6 Å². The zero-order chi connectivity index (χ0) is 9.30. The minimum atomic E-state index is -1.05. The molecule has 4 nitrogen and oxygen atoms in total. The molecule has 1 N–H and O–H groups in total. The fourth-order valence-electron chi connectivity index (χ4n) is 0.933. The summed E-state index contributed by atoms with van der Waals surface area (Å²) in [5.41, 5.74) is 0.0478. The maximum Gasteiger partial charge on any atom is 0.355 e. The van der Waals surface area contributed by atoms with Crippen LogP contribution in [0, 0.1) is 0 Å². The molecule has 1 heterocycles. The van der Waals surface area contributed by atoms with E-state index in [-0.39, 0.29) is 16.8 Å². The average Bonchev–Trinajstić information content (AvgIpc) is 2.30. The highest BCUT2D eigenvalue weighted by atomic mass is 35.5. The minimum absolute atomic E-state index is 0.00333. The molecule has 66 valence electrons. The highest BCUT2D eigenvalue weighted by Gasteiger charge is 2.17. The molecule has 0 fully saturated rings. The lowest BCUT2D eigenvalue weighted by Crippen LogP contribution is -2.12. The van der Waals surface area contributed by atoms with E-state index in [1.54, 1.807) is 0 Å². The predicted octanol–water partition coefficient (Wildman–Crippen LogP) is 1.82. The molecule has 0 saturated carbocycles. The number of aromatic carboxylic acids is 1. The third-order valence-electron chi connectivity index (χ3n) is 1.44. The first-order chi connectivity index (χ1) is 5.54. The quantitative estimate of drug-likeness (QED) is 0.770. The van der Waals surface area contributed by atoms with Crippen molar-refractivity contribution in [3.8, 4) is 0 Å². The van der Waals surface area contributed by atoms with Crippen molar-refractivity contribution in [2.24, 2.45) is 0 Å². The molecular weight excluding hydrogens is 180 g/mol. The smallest absolute Gasteiger partial charge is 0.355 e. The van der Waals surface area contributed by atoms with Crippen LogP contribution >= 0.6 is 11.6 Å². The van der Waals surface area contributed by atoms with Crippen LogP contribution in [0.3, 0.4) is 0 Å². The van der Waals surface area contributed by atoms with Crippen LogP contribution in [-0.4, -0.2) is 20.9 Å². The average molecular weight is 189 g/mol. The summed E-state index contributed by atoms with van der Waals surface area (Å²) < 4.78 is 1.38. The normalized spacial score (nSPS) is 10.7. The summed E-state index contributed by atoms with van der Waals surface area (Å²) in [6.45, 7) is 3.69. The van der Waals surface area contributed by atoms with Crippen LogP contribution in [0.15, 0.2) is 6.20 Å². The summed E-state index contributed by atoms with van der Waals surface area (Å²) in [5.74, 6) is -1.05. The number of nitrogens with zero attached hydrogens (tertiary/aromatic N) is 2. The maximum atomic E-state index is 10.7. The molecule has 1 aromatic rings. The van der Waals surface area contributed by atoms with Crippen LogP contribution in [0.25, 0.3) is 0 Å². The molecule has 1 rings (SSSR count). The highest BCUT2D eigenvalue weighted by molar-refractivity contribution is 6.33. The standard InChI is InChI=1S/C7H9ClN2O2/c1-4(2)10-6(7(11)12)5(8)3-9-10/h3-4H,1-2H3,(H,11,12). The fourth-order valence-corrected chi connectivity index (χ4v) is 1.14. The van der Waals surface area contributed by atoms with Crippen LogP contribution < -0.4 is 0 Å². The van der Waals surface area contributed by atoms with E-state index in [0.29, 0.717) is 0 Å². The van der Waals surface area contributed by atoms with E-state index >= 15 is 0 Å². The minimum Gasteiger partial charge on any atom is -0.476 e. The van der Waals surface area contributed by atoms with Crippen molar-refractivity contribution in [2.45, 2.75) is 19.9 Å². The fraction of sp³-hybridized carbons (Fsp3) is 0.429. The number of carboxylic acids is 1. The lowest BCUT2D eigenvalue weighted by atomic mass is 10.3. The van der Waals surface area contributed by atoms with Crippen molar-refractivity contribution < 1.29 is 9.90 Å². The molecule has 0 bridgehead atoms.